The Morgan fingerprint density at radius 1 is 1.12 bits per heavy atom. The van der Waals surface area contributed by atoms with Crippen LogP contribution < -0.4 is 10.1 Å². The zero-order valence-corrected chi connectivity index (χ0v) is 17.6. The molecule has 0 aliphatic heterocycles. The van der Waals surface area contributed by atoms with Gasteiger partial charge < -0.3 is 14.8 Å². The first-order valence-corrected chi connectivity index (χ1v) is 9.72. The molecule has 148 valence electrons. The van der Waals surface area contributed by atoms with Crippen molar-refractivity contribution in [3.63, 3.8) is 0 Å². The minimum atomic E-state index is -1.03. The maximum absolute atomic E-state index is 12.3. The third kappa shape index (κ3) is 9.23. The van der Waals surface area contributed by atoms with Crippen LogP contribution in [0.3, 0.4) is 0 Å². The lowest BCUT2D eigenvalue weighted by Crippen LogP contribution is -2.43. The Hall–Kier alpha value is -1.55. The van der Waals surface area contributed by atoms with E-state index in [1.807, 2.05) is 39.0 Å². The number of carbonyl (C=O) groups excluding carboxylic acids is 1. The predicted molar refractivity (Wildman–Crippen MR) is 108 cm³/mol. The van der Waals surface area contributed by atoms with Gasteiger partial charge >= 0.3 is 5.97 Å². The summed E-state index contributed by atoms with van der Waals surface area (Å²) in [5.41, 5.74) is -0.360. The van der Waals surface area contributed by atoms with Crippen LogP contribution >= 0.6 is 0 Å². The summed E-state index contributed by atoms with van der Waals surface area (Å²) in [6, 6.07) is 7.94. The van der Waals surface area contributed by atoms with Crippen molar-refractivity contribution < 1.29 is 14.3 Å². The van der Waals surface area contributed by atoms with Crippen molar-refractivity contribution in [3.8, 4) is 5.75 Å². The summed E-state index contributed by atoms with van der Waals surface area (Å²) in [4.78, 5) is 12.3. The second kappa shape index (κ2) is 9.96. The fourth-order valence-electron chi connectivity index (χ4n) is 2.49. The maximum Gasteiger partial charge on any atom is 0.350 e. The average Bonchev–Trinajstić information content (AvgIpc) is 2.48. The number of hydrogen-bond donors (Lipinski definition) is 1. The number of esters is 1. The fourth-order valence-corrected chi connectivity index (χ4v) is 2.49. The van der Waals surface area contributed by atoms with Gasteiger partial charge in [0.1, 0.15) is 11.4 Å². The van der Waals surface area contributed by atoms with Crippen LogP contribution in [0.1, 0.15) is 66.9 Å². The summed E-state index contributed by atoms with van der Waals surface area (Å²) in [5.74, 6) is 1.10. The van der Waals surface area contributed by atoms with Gasteiger partial charge in [0.05, 0.1) is 0 Å². The minimum absolute atomic E-state index is 0.359. The minimum Gasteiger partial charge on any atom is -0.476 e. The Bertz CT molecular complexity index is 559. The molecule has 4 nitrogen and oxygen atoms in total. The standard InChI is InChI=1S/C22H37NO3/c1-17(2)10-9-14-23-15-13-18-11-8-12-19(16-18)25-22(6,7)20(24)26-21(3,4)5/h8,11-12,16-17,23H,9-10,13-15H2,1-7H3. The van der Waals surface area contributed by atoms with Crippen molar-refractivity contribution in [2.75, 3.05) is 13.1 Å². The SMILES string of the molecule is CC(C)CCCNCCc1cccc(OC(C)(C)C(=O)OC(C)(C)C)c1. The lowest BCUT2D eigenvalue weighted by Gasteiger charge is -2.29. The first kappa shape index (κ1) is 22.5. The lowest BCUT2D eigenvalue weighted by molar-refractivity contribution is -0.170. The van der Waals surface area contributed by atoms with Gasteiger partial charge in [-0.2, -0.15) is 0 Å². The Kier molecular flexibility index (Phi) is 8.61. The summed E-state index contributed by atoms with van der Waals surface area (Å²) in [7, 11) is 0. The van der Waals surface area contributed by atoms with E-state index < -0.39 is 11.2 Å². The molecule has 1 aromatic carbocycles. The van der Waals surface area contributed by atoms with E-state index in [1.165, 1.54) is 18.4 Å². The molecule has 4 heteroatoms. The summed E-state index contributed by atoms with van der Waals surface area (Å²) in [5, 5.41) is 3.49. The quantitative estimate of drug-likeness (QED) is 0.481. The summed E-state index contributed by atoms with van der Waals surface area (Å²) in [6.45, 7) is 15.6. The van der Waals surface area contributed by atoms with Gasteiger partial charge in [0.25, 0.3) is 0 Å². The normalized spacial score (nSPS) is 12.3. The zero-order chi connectivity index (χ0) is 19.8. The molecule has 0 aliphatic carbocycles. The number of rotatable bonds is 10. The Morgan fingerprint density at radius 2 is 1.81 bits per heavy atom. The van der Waals surface area contributed by atoms with Crippen LogP contribution in [0.5, 0.6) is 5.75 Å². The largest absolute Gasteiger partial charge is 0.476 e. The topological polar surface area (TPSA) is 47.6 Å². The molecule has 0 atom stereocenters. The van der Waals surface area contributed by atoms with Gasteiger partial charge in [-0.3, -0.25) is 0 Å². The zero-order valence-electron chi connectivity index (χ0n) is 17.6. The smallest absolute Gasteiger partial charge is 0.350 e. The molecule has 1 rings (SSSR count). The first-order chi connectivity index (χ1) is 12.0. The molecule has 0 heterocycles. The summed E-state index contributed by atoms with van der Waals surface area (Å²) in [6.07, 6.45) is 3.41. The van der Waals surface area contributed by atoms with Gasteiger partial charge in [0.2, 0.25) is 0 Å². The molecular weight excluding hydrogens is 326 g/mol. The second-order valence-electron chi connectivity index (χ2n) is 8.80. The van der Waals surface area contributed by atoms with E-state index in [-0.39, 0.29) is 5.97 Å². The molecule has 0 aromatic heterocycles. The molecule has 0 spiro atoms. The highest BCUT2D eigenvalue weighted by atomic mass is 16.6. The van der Waals surface area contributed by atoms with Crippen molar-refractivity contribution in [2.24, 2.45) is 5.92 Å². The molecule has 0 bridgehead atoms. The molecule has 0 saturated heterocycles. The number of carbonyl (C=O) groups is 1. The van der Waals surface area contributed by atoms with E-state index >= 15 is 0 Å². The molecule has 0 unspecified atom stereocenters. The molecular formula is C22H37NO3. The molecule has 0 fully saturated rings. The Balaban J connectivity index is 2.51. The summed E-state index contributed by atoms with van der Waals surface area (Å²) < 4.78 is 11.4. The molecule has 0 aliphatic rings. The van der Waals surface area contributed by atoms with E-state index in [2.05, 4.69) is 25.2 Å². The highest BCUT2D eigenvalue weighted by Gasteiger charge is 2.34. The van der Waals surface area contributed by atoms with E-state index in [0.29, 0.717) is 5.75 Å². The van der Waals surface area contributed by atoms with Gasteiger partial charge in [-0.1, -0.05) is 26.0 Å². The van der Waals surface area contributed by atoms with Crippen molar-refractivity contribution >= 4 is 5.97 Å². The van der Waals surface area contributed by atoms with Crippen LogP contribution in [0.4, 0.5) is 0 Å². The van der Waals surface area contributed by atoms with Gasteiger partial charge in [-0.25, -0.2) is 4.79 Å². The van der Waals surface area contributed by atoms with Crippen LogP contribution in [0.25, 0.3) is 0 Å². The monoisotopic (exact) mass is 363 g/mol. The van der Waals surface area contributed by atoms with Gasteiger partial charge in [0, 0.05) is 0 Å². The number of ether oxygens (including phenoxy) is 2. The van der Waals surface area contributed by atoms with Gasteiger partial charge in [-0.05, 0) is 90.6 Å². The van der Waals surface area contributed by atoms with E-state index in [1.54, 1.807) is 13.8 Å². The van der Waals surface area contributed by atoms with Crippen molar-refractivity contribution in [2.45, 2.75) is 78.9 Å². The third-order valence-electron chi connectivity index (χ3n) is 3.89. The Labute approximate surface area is 159 Å². The highest BCUT2D eigenvalue weighted by molar-refractivity contribution is 5.79. The molecule has 1 aromatic rings. The van der Waals surface area contributed by atoms with Crippen LogP contribution in [0.2, 0.25) is 0 Å². The molecule has 0 saturated carbocycles. The molecule has 0 radical (unpaired) electrons. The molecule has 1 N–H and O–H groups in total. The van der Waals surface area contributed by atoms with Crippen molar-refractivity contribution in [1.29, 1.82) is 0 Å². The number of nitrogens with one attached hydrogen (secondary N) is 1. The lowest BCUT2D eigenvalue weighted by atomic mass is 10.1. The van der Waals surface area contributed by atoms with Crippen LogP contribution in [0.15, 0.2) is 24.3 Å². The summed E-state index contributed by atoms with van der Waals surface area (Å²) >= 11 is 0. The Morgan fingerprint density at radius 3 is 2.42 bits per heavy atom. The third-order valence-corrected chi connectivity index (χ3v) is 3.89. The van der Waals surface area contributed by atoms with E-state index in [4.69, 9.17) is 9.47 Å². The van der Waals surface area contributed by atoms with Crippen LogP contribution in [-0.4, -0.2) is 30.3 Å². The maximum atomic E-state index is 12.3. The highest BCUT2D eigenvalue weighted by Crippen LogP contribution is 2.23. The predicted octanol–water partition coefficient (Wildman–Crippen LogP) is 4.75. The second-order valence-corrected chi connectivity index (χ2v) is 8.80. The van der Waals surface area contributed by atoms with Gasteiger partial charge in [0.15, 0.2) is 5.60 Å². The fraction of sp³-hybridized carbons (Fsp3) is 0.682. The first-order valence-electron chi connectivity index (χ1n) is 9.72. The average molecular weight is 364 g/mol. The van der Waals surface area contributed by atoms with Crippen molar-refractivity contribution in [1.82, 2.24) is 5.32 Å². The van der Waals surface area contributed by atoms with Crippen LogP contribution in [-0.2, 0) is 16.0 Å². The number of hydrogen-bond acceptors (Lipinski definition) is 4. The molecule has 26 heavy (non-hydrogen) atoms. The van der Waals surface area contributed by atoms with Crippen molar-refractivity contribution in [3.05, 3.63) is 29.8 Å². The van der Waals surface area contributed by atoms with E-state index in [0.717, 1.165) is 25.4 Å². The van der Waals surface area contributed by atoms with Crippen LogP contribution in [0, 0.1) is 5.92 Å². The van der Waals surface area contributed by atoms with Gasteiger partial charge in [-0.15, -0.1) is 0 Å². The molecule has 0 amide bonds. The van der Waals surface area contributed by atoms with E-state index in [9.17, 15) is 4.79 Å². The number of benzene rings is 1.